The van der Waals surface area contributed by atoms with E-state index >= 15 is 0 Å². The lowest BCUT2D eigenvalue weighted by Crippen LogP contribution is -2.43. The summed E-state index contributed by atoms with van der Waals surface area (Å²) in [5, 5.41) is 7.50. The van der Waals surface area contributed by atoms with Crippen LogP contribution in [0.2, 0.25) is 5.02 Å². The van der Waals surface area contributed by atoms with Crippen LogP contribution in [0.4, 0.5) is 0 Å². The van der Waals surface area contributed by atoms with Crippen LogP contribution >= 0.6 is 11.6 Å². The summed E-state index contributed by atoms with van der Waals surface area (Å²) in [5.41, 5.74) is 2.35. The second-order valence-electron chi connectivity index (χ2n) is 5.88. The van der Waals surface area contributed by atoms with E-state index in [4.69, 9.17) is 16.3 Å². The van der Waals surface area contributed by atoms with Crippen LogP contribution in [0.15, 0.2) is 53.6 Å². The second kappa shape index (κ2) is 8.18. The van der Waals surface area contributed by atoms with Gasteiger partial charge in [0.25, 0.3) is 0 Å². The van der Waals surface area contributed by atoms with Gasteiger partial charge in [-0.3, -0.25) is 9.91 Å². The van der Waals surface area contributed by atoms with Gasteiger partial charge in [0.2, 0.25) is 0 Å². The van der Waals surface area contributed by atoms with Gasteiger partial charge in [0.05, 0.1) is 13.3 Å². The molecule has 1 saturated heterocycles. The third-order valence-corrected chi connectivity index (χ3v) is 4.38. The third kappa shape index (κ3) is 4.73. The fraction of sp³-hybridized carbons (Fsp3) is 0.316. The lowest BCUT2D eigenvalue weighted by atomic mass is 10.2. The van der Waals surface area contributed by atoms with E-state index in [1.165, 1.54) is 5.56 Å². The number of piperazine rings is 1. The maximum Gasteiger partial charge on any atom is 0.119 e. The first kappa shape index (κ1) is 16.8. The second-order valence-corrected chi connectivity index (χ2v) is 6.31. The molecule has 0 bridgehead atoms. The van der Waals surface area contributed by atoms with Gasteiger partial charge in [0.1, 0.15) is 5.75 Å². The largest absolute Gasteiger partial charge is 0.497 e. The summed E-state index contributed by atoms with van der Waals surface area (Å²) in [4.78, 5) is 2.45. The third-order valence-electron chi connectivity index (χ3n) is 4.13. The van der Waals surface area contributed by atoms with Crippen LogP contribution in [0, 0.1) is 0 Å². The van der Waals surface area contributed by atoms with E-state index < -0.39 is 0 Å². The predicted octanol–water partition coefficient (Wildman–Crippen LogP) is 3.50. The Morgan fingerprint density at radius 3 is 2.54 bits per heavy atom. The van der Waals surface area contributed by atoms with Gasteiger partial charge in [-0.1, -0.05) is 35.9 Å². The quantitative estimate of drug-likeness (QED) is 0.778. The molecule has 0 aliphatic carbocycles. The lowest BCUT2D eigenvalue weighted by molar-refractivity contribution is 0.131. The molecular weight excluding hydrogens is 322 g/mol. The number of hydrogen-bond donors (Lipinski definition) is 0. The van der Waals surface area contributed by atoms with Crippen molar-refractivity contribution in [2.45, 2.75) is 6.54 Å². The van der Waals surface area contributed by atoms with Crippen molar-refractivity contribution in [3.63, 3.8) is 0 Å². The maximum atomic E-state index is 5.93. The molecule has 0 spiro atoms. The predicted molar refractivity (Wildman–Crippen MR) is 98.9 cm³/mol. The van der Waals surface area contributed by atoms with E-state index in [0.717, 1.165) is 49.1 Å². The highest BCUT2D eigenvalue weighted by Gasteiger charge is 2.15. The molecule has 4 nitrogen and oxygen atoms in total. The molecule has 3 rings (SSSR count). The fourth-order valence-corrected chi connectivity index (χ4v) is 2.86. The Morgan fingerprint density at radius 2 is 1.83 bits per heavy atom. The molecule has 0 saturated carbocycles. The van der Waals surface area contributed by atoms with Gasteiger partial charge >= 0.3 is 0 Å². The Bertz CT molecular complexity index is 679. The van der Waals surface area contributed by atoms with Gasteiger partial charge in [-0.05, 0) is 35.4 Å². The number of ether oxygens (including phenoxy) is 1. The fourth-order valence-electron chi connectivity index (χ4n) is 2.73. The van der Waals surface area contributed by atoms with E-state index in [1.807, 2.05) is 42.6 Å². The molecule has 2 aromatic rings. The van der Waals surface area contributed by atoms with Crippen molar-refractivity contribution < 1.29 is 4.74 Å². The smallest absolute Gasteiger partial charge is 0.119 e. The van der Waals surface area contributed by atoms with Crippen molar-refractivity contribution in [2.24, 2.45) is 5.10 Å². The zero-order chi connectivity index (χ0) is 16.8. The molecule has 5 heteroatoms. The Morgan fingerprint density at radius 1 is 1.08 bits per heavy atom. The first-order valence-electron chi connectivity index (χ1n) is 8.13. The molecule has 2 aromatic carbocycles. The van der Waals surface area contributed by atoms with Crippen molar-refractivity contribution in [1.29, 1.82) is 0 Å². The highest BCUT2D eigenvalue weighted by Crippen LogP contribution is 2.14. The number of nitrogens with zero attached hydrogens (tertiary/aromatic N) is 3. The molecule has 24 heavy (non-hydrogen) atoms. The average molecular weight is 344 g/mol. The molecule has 0 amide bonds. The number of halogens is 1. The van der Waals surface area contributed by atoms with Crippen LogP contribution < -0.4 is 4.74 Å². The molecule has 0 aromatic heterocycles. The highest BCUT2D eigenvalue weighted by atomic mass is 35.5. The van der Waals surface area contributed by atoms with Crippen molar-refractivity contribution >= 4 is 17.8 Å². The van der Waals surface area contributed by atoms with Crippen LogP contribution in [0.3, 0.4) is 0 Å². The molecule has 1 fully saturated rings. The molecule has 0 N–H and O–H groups in total. The Labute approximate surface area is 148 Å². The van der Waals surface area contributed by atoms with E-state index in [-0.39, 0.29) is 0 Å². The molecule has 0 unspecified atom stereocenters. The first-order valence-corrected chi connectivity index (χ1v) is 8.50. The molecule has 126 valence electrons. The Hall–Kier alpha value is -2.04. The van der Waals surface area contributed by atoms with Crippen LogP contribution in [-0.4, -0.2) is 49.4 Å². The maximum absolute atomic E-state index is 5.93. The summed E-state index contributed by atoms with van der Waals surface area (Å²) < 4.78 is 5.23. The Kier molecular flexibility index (Phi) is 5.72. The van der Waals surface area contributed by atoms with Gasteiger partial charge < -0.3 is 4.74 Å². The molecule has 1 heterocycles. The van der Waals surface area contributed by atoms with Crippen molar-refractivity contribution in [3.8, 4) is 5.75 Å². The molecular formula is C19H22ClN3O. The minimum atomic E-state index is 0.787. The SMILES string of the molecule is COc1cccc(C=NN2CCN(Cc3ccc(Cl)cc3)CC2)c1. The zero-order valence-corrected chi connectivity index (χ0v) is 14.6. The number of hydrazone groups is 1. The first-order chi connectivity index (χ1) is 11.7. The summed E-state index contributed by atoms with van der Waals surface area (Å²) in [7, 11) is 1.68. The van der Waals surface area contributed by atoms with E-state index in [2.05, 4.69) is 27.1 Å². The van der Waals surface area contributed by atoms with Crippen LogP contribution in [0.5, 0.6) is 5.75 Å². The summed E-state index contributed by atoms with van der Waals surface area (Å²) >= 11 is 5.93. The zero-order valence-electron chi connectivity index (χ0n) is 13.9. The minimum Gasteiger partial charge on any atom is -0.497 e. The van der Waals surface area contributed by atoms with Crippen LogP contribution in [0.25, 0.3) is 0 Å². The van der Waals surface area contributed by atoms with Gasteiger partial charge in [-0.2, -0.15) is 5.10 Å². The number of benzene rings is 2. The standard InChI is InChI=1S/C19H22ClN3O/c1-24-19-4-2-3-17(13-19)14-21-23-11-9-22(10-12-23)15-16-5-7-18(20)8-6-16/h2-8,13-14H,9-12,15H2,1H3. The summed E-state index contributed by atoms with van der Waals surface area (Å²) in [6, 6.07) is 16.0. The molecule has 0 atom stereocenters. The number of rotatable bonds is 5. The summed E-state index contributed by atoms with van der Waals surface area (Å²) in [5.74, 6) is 0.853. The van der Waals surface area contributed by atoms with Crippen LogP contribution in [-0.2, 0) is 6.54 Å². The highest BCUT2D eigenvalue weighted by molar-refractivity contribution is 6.30. The summed E-state index contributed by atoms with van der Waals surface area (Å²) in [6.45, 7) is 4.86. The molecule has 0 radical (unpaired) electrons. The van der Waals surface area contributed by atoms with Gasteiger partial charge in [-0.25, -0.2) is 0 Å². The number of methoxy groups -OCH3 is 1. The topological polar surface area (TPSA) is 28.1 Å². The van der Waals surface area contributed by atoms with E-state index in [1.54, 1.807) is 7.11 Å². The van der Waals surface area contributed by atoms with E-state index in [9.17, 15) is 0 Å². The van der Waals surface area contributed by atoms with Crippen molar-refractivity contribution in [3.05, 3.63) is 64.7 Å². The summed E-state index contributed by atoms with van der Waals surface area (Å²) in [6.07, 6.45) is 1.90. The molecule has 1 aliphatic heterocycles. The monoisotopic (exact) mass is 343 g/mol. The average Bonchev–Trinajstić information content (AvgIpc) is 2.63. The minimum absolute atomic E-state index is 0.787. The normalized spacial score (nSPS) is 15.8. The van der Waals surface area contributed by atoms with Crippen molar-refractivity contribution in [1.82, 2.24) is 9.91 Å². The lowest BCUT2D eigenvalue weighted by Gasteiger charge is -2.33. The van der Waals surface area contributed by atoms with Gasteiger partial charge in [0, 0.05) is 37.7 Å². The van der Waals surface area contributed by atoms with Crippen molar-refractivity contribution in [2.75, 3.05) is 33.3 Å². The van der Waals surface area contributed by atoms with Gasteiger partial charge in [-0.15, -0.1) is 0 Å². The molecule has 1 aliphatic rings. The van der Waals surface area contributed by atoms with E-state index in [0.29, 0.717) is 0 Å². The Balaban J connectivity index is 1.49. The van der Waals surface area contributed by atoms with Gasteiger partial charge in [0.15, 0.2) is 0 Å². The number of hydrogen-bond acceptors (Lipinski definition) is 4. The van der Waals surface area contributed by atoms with Crippen LogP contribution in [0.1, 0.15) is 11.1 Å².